The van der Waals surface area contributed by atoms with Gasteiger partial charge in [0.25, 0.3) is 0 Å². The normalized spacial score (nSPS) is 15.3. The Bertz CT molecular complexity index is 298. The fraction of sp³-hybridized carbons (Fsp3) is 0.875. The van der Waals surface area contributed by atoms with E-state index in [1.165, 1.54) is 0 Å². The lowest BCUT2D eigenvalue weighted by molar-refractivity contribution is 0.0591. The largest absolute Gasteiger partial charge is 0.313 e. The fourth-order valence-corrected chi connectivity index (χ4v) is 1.09. The molecule has 0 radical (unpaired) electrons. The first-order valence-electron chi connectivity index (χ1n) is 6.86. The second-order valence-electron chi connectivity index (χ2n) is 8.50. The van der Waals surface area contributed by atoms with E-state index in [4.69, 9.17) is 5.84 Å². The van der Waals surface area contributed by atoms with Crippen LogP contribution in [0.2, 0.25) is 0 Å². The molecule has 0 spiro atoms. The minimum absolute atomic E-state index is 0.0858. The monoisotopic (exact) mass is 254 g/mol. The number of nitrogens with two attached hydrogens (primary N) is 1. The summed E-state index contributed by atoms with van der Waals surface area (Å²) in [5.74, 6) is 6.23. The summed E-state index contributed by atoms with van der Waals surface area (Å²) in [5, 5.41) is 1.85. The van der Waals surface area contributed by atoms with Gasteiger partial charge in [-0.1, -0.05) is 61.5 Å². The van der Waals surface area contributed by atoms with Crippen molar-refractivity contribution in [1.29, 1.82) is 0 Å². The molecule has 0 atom stereocenters. The Labute approximate surface area is 115 Å². The number of nitrogens with zero attached hydrogens (tertiary/aromatic N) is 1. The Hall–Kier alpha value is -0.500. The van der Waals surface area contributed by atoms with Crippen LogP contribution in [0.4, 0.5) is 0 Å². The third kappa shape index (κ3) is 3.74. The van der Waals surface area contributed by atoms with Crippen molar-refractivity contribution in [3.8, 4) is 0 Å². The quantitative estimate of drug-likeness (QED) is 0.590. The number of allylic oxidation sites excluding steroid dienone is 1. The lowest BCUT2D eigenvalue weighted by atomic mass is 9.69. The molecule has 0 heterocycles. The zero-order chi connectivity index (χ0) is 15.0. The van der Waals surface area contributed by atoms with Crippen LogP contribution < -0.4 is 5.84 Å². The highest BCUT2D eigenvalue weighted by Gasteiger charge is 2.37. The molecular weight excluding hydrogens is 220 g/mol. The summed E-state index contributed by atoms with van der Waals surface area (Å²) >= 11 is 0. The number of hydrogen-bond donors (Lipinski definition) is 1. The van der Waals surface area contributed by atoms with Crippen LogP contribution in [-0.4, -0.2) is 10.5 Å². The van der Waals surface area contributed by atoms with Crippen LogP contribution >= 0.6 is 0 Å². The number of rotatable bonds is 3. The van der Waals surface area contributed by atoms with Gasteiger partial charge in [-0.2, -0.15) is 0 Å². The number of hydrazine groups is 1. The van der Waals surface area contributed by atoms with E-state index in [2.05, 4.69) is 75.3 Å². The Balaban J connectivity index is 5.04. The van der Waals surface area contributed by atoms with Gasteiger partial charge in [0.2, 0.25) is 0 Å². The summed E-state index contributed by atoms with van der Waals surface area (Å²) in [7, 11) is 0. The molecule has 0 rings (SSSR count). The Kier molecular flexibility index (Phi) is 4.74. The first-order valence-corrected chi connectivity index (χ1v) is 6.86. The van der Waals surface area contributed by atoms with E-state index in [0.29, 0.717) is 0 Å². The molecule has 0 aliphatic carbocycles. The molecule has 0 aromatic rings. The van der Waals surface area contributed by atoms with Crippen LogP contribution in [0.25, 0.3) is 0 Å². The van der Waals surface area contributed by atoms with Crippen molar-refractivity contribution in [2.75, 3.05) is 0 Å². The van der Waals surface area contributed by atoms with Gasteiger partial charge in [0, 0.05) is 6.20 Å². The fourth-order valence-electron chi connectivity index (χ4n) is 1.09. The Morgan fingerprint density at radius 1 is 0.722 bits per heavy atom. The zero-order valence-electron chi connectivity index (χ0n) is 14.2. The third-order valence-corrected chi connectivity index (χ3v) is 5.07. The summed E-state index contributed by atoms with van der Waals surface area (Å²) in [6.45, 7) is 22.3. The lowest BCUT2D eigenvalue weighted by Gasteiger charge is -2.45. The maximum Gasteiger partial charge on any atom is 0.0546 e. The minimum Gasteiger partial charge on any atom is -0.313 e. The highest BCUT2D eigenvalue weighted by atomic mass is 15.4. The molecule has 0 amide bonds. The maximum absolute atomic E-state index is 6.23. The average molecular weight is 254 g/mol. The van der Waals surface area contributed by atoms with E-state index in [9.17, 15) is 0 Å². The molecule has 2 N–H and O–H groups in total. The molecule has 18 heavy (non-hydrogen) atoms. The molecule has 2 heteroatoms. The molecule has 0 bridgehead atoms. The predicted octanol–water partition coefficient (Wildman–Crippen LogP) is 4.57. The standard InChI is InChI=1S/C16H34N2/c1-13(2,3)15(7,8)11-12-18(17)16(9,10)14(4,5)6/h11-12H,17H2,1-10H3/b12-11+. The summed E-state index contributed by atoms with van der Waals surface area (Å²) < 4.78 is 0. The van der Waals surface area contributed by atoms with Crippen molar-refractivity contribution in [2.45, 2.75) is 74.8 Å². The summed E-state index contributed by atoms with van der Waals surface area (Å²) in [5.41, 5.74) is 0.365. The highest BCUT2D eigenvalue weighted by molar-refractivity contribution is 5.03. The topological polar surface area (TPSA) is 29.3 Å². The molecule has 0 aliphatic heterocycles. The first kappa shape index (κ1) is 17.5. The molecule has 0 fully saturated rings. The van der Waals surface area contributed by atoms with E-state index in [1.54, 1.807) is 0 Å². The van der Waals surface area contributed by atoms with Gasteiger partial charge in [-0.15, -0.1) is 0 Å². The van der Waals surface area contributed by atoms with Gasteiger partial charge in [-0.3, -0.25) is 0 Å². The van der Waals surface area contributed by atoms with E-state index >= 15 is 0 Å². The Morgan fingerprint density at radius 3 is 1.39 bits per heavy atom. The molecule has 108 valence electrons. The van der Waals surface area contributed by atoms with Gasteiger partial charge in [-0.05, 0) is 30.1 Å². The molecular formula is C16H34N2. The van der Waals surface area contributed by atoms with Gasteiger partial charge in [0.15, 0.2) is 0 Å². The number of hydrogen-bond acceptors (Lipinski definition) is 2. The molecule has 0 aromatic carbocycles. The molecule has 0 saturated heterocycles. The van der Waals surface area contributed by atoms with E-state index in [-0.39, 0.29) is 21.8 Å². The summed E-state index contributed by atoms with van der Waals surface area (Å²) in [6, 6.07) is 0. The molecule has 0 saturated carbocycles. The minimum atomic E-state index is -0.0858. The van der Waals surface area contributed by atoms with Gasteiger partial charge in [0.05, 0.1) is 5.54 Å². The third-order valence-electron chi connectivity index (χ3n) is 5.07. The lowest BCUT2D eigenvalue weighted by Crippen LogP contribution is -2.53. The van der Waals surface area contributed by atoms with Crippen LogP contribution in [-0.2, 0) is 0 Å². The van der Waals surface area contributed by atoms with E-state index < -0.39 is 0 Å². The van der Waals surface area contributed by atoms with Crippen LogP contribution in [0.15, 0.2) is 12.3 Å². The molecule has 0 aliphatic rings. The van der Waals surface area contributed by atoms with Crippen LogP contribution in [0.5, 0.6) is 0 Å². The van der Waals surface area contributed by atoms with E-state index in [1.807, 2.05) is 11.2 Å². The molecule has 0 aromatic heterocycles. The SMILES string of the molecule is CC(C)(C)C(C)(C)/C=C/N(N)C(C)(C)C(C)(C)C. The van der Waals surface area contributed by atoms with E-state index in [0.717, 1.165) is 0 Å². The maximum atomic E-state index is 6.23. The second kappa shape index (κ2) is 4.88. The van der Waals surface area contributed by atoms with Crippen molar-refractivity contribution in [3.63, 3.8) is 0 Å². The predicted molar refractivity (Wildman–Crippen MR) is 81.9 cm³/mol. The van der Waals surface area contributed by atoms with Crippen molar-refractivity contribution < 1.29 is 0 Å². The van der Waals surface area contributed by atoms with Gasteiger partial charge < -0.3 is 5.01 Å². The first-order chi connectivity index (χ1) is 7.63. The summed E-state index contributed by atoms with van der Waals surface area (Å²) in [6.07, 6.45) is 4.26. The van der Waals surface area contributed by atoms with Crippen molar-refractivity contribution >= 4 is 0 Å². The Morgan fingerprint density at radius 2 is 1.11 bits per heavy atom. The average Bonchev–Trinajstić information content (AvgIpc) is 2.10. The van der Waals surface area contributed by atoms with Gasteiger partial charge >= 0.3 is 0 Å². The second-order valence-corrected chi connectivity index (χ2v) is 8.50. The van der Waals surface area contributed by atoms with Crippen LogP contribution in [0.3, 0.4) is 0 Å². The van der Waals surface area contributed by atoms with Gasteiger partial charge in [-0.25, -0.2) is 5.84 Å². The highest BCUT2D eigenvalue weighted by Crippen LogP contribution is 2.40. The zero-order valence-corrected chi connectivity index (χ0v) is 14.2. The smallest absolute Gasteiger partial charge is 0.0546 e. The van der Waals surface area contributed by atoms with Crippen molar-refractivity contribution in [1.82, 2.24) is 5.01 Å². The molecule has 2 nitrogen and oxygen atoms in total. The van der Waals surface area contributed by atoms with Crippen molar-refractivity contribution in [3.05, 3.63) is 12.3 Å². The van der Waals surface area contributed by atoms with Crippen molar-refractivity contribution in [2.24, 2.45) is 22.1 Å². The van der Waals surface area contributed by atoms with Crippen LogP contribution in [0.1, 0.15) is 69.2 Å². The molecule has 0 unspecified atom stereocenters. The summed E-state index contributed by atoms with van der Waals surface area (Å²) in [4.78, 5) is 0. The van der Waals surface area contributed by atoms with Gasteiger partial charge in [0.1, 0.15) is 0 Å². The van der Waals surface area contributed by atoms with Crippen LogP contribution in [0, 0.1) is 16.2 Å².